The molecule has 1 fully saturated rings. The van der Waals surface area contributed by atoms with Gasteiger partial charge in [-0.2, -0.15) is 0 Å². The van der Waals surface area contributed by atoms with E-state index < -0.39 is 6.16 Å². The fourth-order valence-corrected chi connectivity index (χ4v) is 1.61. The Kier molecular flexibility index (Phi) is 3.61. The maximum atomic E-state index is 10.9. The number of halogens is 1. The van der Waals surface area contributed by atoms with Crippen LogP contribution in [0.2, 0.25) is 0 Å². The first-order chi connectivity index (χ1) is 5.63. The number of carbonyl (C=O) groups excluding carboxylic acids is 1. The summed E-state index contributed by atoms with van der Waals surface area (Å²) < 4.78 is 10.3. The van der Waals surface area contributed by atoms with Crippen LogP contribution in [-0.4, -0.2) is 22.3 Å². The largest absolute Gasteiger partial charge is 0.508 e. The highest BCUT2D eigenvalue weighted by Gasteiger charge is 2.31. The molecule has 0 unspecified atom stereocenters. The van der Waals surface area contributed by atoms with Gasteiger partial charge >= 0.3 is 6.16 Å². The summed E-state index contributed by atoms with van der Waals surface area (Å²) in [5.74, 6) is 0. The second-order valence-electron chi connectivity index (χ2n) is 2.97. The smallest absolute Gasteiger partial charge is 0.431 e. The molecule has 1 heterocycles. The van der Waals surface area contributed by atoms with Gasteiger partial charge in [0.1, 0.15) is 12.2 Å². The van der Waals surface area contributed by atoms with Crippen molar-refractivity contribution in [1.29, 1.82) is 0 Å². The molecule has 0 spiro atoms. The summed E-state index contributed by atoms with van der Waals surface area (Å²) in [6.45, 7) is 4.05. The molecule has 3 nitrogen and oxygen atoms in total. The van der Waals surface area contributed by atoms with E-state index in [0.717, 1.165) is 12.8 Å². The van der Waals surface area contributed by atoms with E-state index in [2.05, 4.69) is 22.6 Å². The van der Waals surface area contributed by atoms with Crippen LogP contribution in [0.5, 0.6) is 0 Å². The minimum Gasteiger partial charge on any atom is -0.431 e. The van der Waals surface area contributed by atoms with Gasteiger partial charge in [-0.05, 0) is 13.3 Å². The van der Waals surface area contributed by atoms with Gasteiger partial charge in [-0.25, -0.2) is 4.79 Å². The summed E-state index contributed by atoms with van der Waals surface area (Å²) in [6, 6.07) is 0. The Morgan fingerprint density at radius 2 is 2.33 bits per heavy atom. The van der Waals surface area contributed by atoms with Gasteiger partial charge in [0.2, 0.25) is 0 Å². The molecule has 0 amide bonds. The van der Waals surface area contributed by atoms with Gasteiger partial charge in [-0.15, -0.1) is 0 Å². The number of rotatable bonds is 2. The molecule has 1 aliphatic heterocycles. The van der Waals surface area contributed by atoms with Crippen LogP contribution in [0.1, 0.15) is 26.7 Å². The predicted octanol–water partition coefficient (Wildman–Crippen LogP) is 2.51. The van der Waals surface area contributed by atoms with Crippen molar-refractivity contribution >= 4 is 28.7 Å². The first-order valence-electron chi connectivity index (χ1n) is 4.14. The lowest BCUT2D eigenvalue weighted by Gasteiger charge is -2.29. The maximum Gasteiger partial charge on any atom is 0.508 e. The quantitative estimate of drug-likeness (QED) is 0.444. The summed E-state index contributed by atoms with van der Waals surface area (Å²) in [6.07, 6.45) is 1.26. The van der Waals surface area contributed by atoms with Crippen LogP contribution in [0.25, 0.3) is 0 Å². The highest BCUT2D eigenvalue weighted by Crippen LogP contribution is 2.23. The molecular weight excluding hydrogens is 271 g/mol. The summed E-state index contributed by atoms with van der Waals surface area (Å²) in [5.41, 5.74) is 0. The van der Waals surface area contributed by atoms with E-state index in [1.807, 2.05) is 13.8 Å². The average Bonchev–Trinajstić information content (AvgIpc) is 2.03. The zero-order valence-electron chi connectivity index (χ0n) is 7.25. The molecule has 0 aromatic carbocycles. The van der Waals surface area contributed by atoms with Gasteiger partial charge < -0.3 is 9.47 Å². The molecule has 0 aliphatic carbocycles. The molecule has 0 N–H and O–H groups in total. The van der Waals surface area contributed by atoms with Crippen LogP contribution in [0.4, 0.5) is 4.79 Å². The number of hydrogen-bond donors (Lipinski definition) is 0. The molecule has 0 aromatic heterocycles. The lowest BCUT2D eigenvalue weighted by Crippen LogP contribution is -2.37. The Labute approximate surface area is 85.9 Å². The monoisotopic (exact) mass is 284 g/mol. The molecule has 12 heavy (non-hydrogen) atoms. The Balaban J connectivity index is 2.51. The second-order valence-corrected chi connectivity index (χ2v) is 4.93. The van der Waals surface area contributed by atoms with Gasteiger partial charge in [0.15, 0.2) is 0 Å². The van der Waals surface area contributed by atoms with Crippen molar-refractivity contribution in [3.63, 3.8) is 0 Å². The van der Waals surface area contributed by atoms with Crippen LogP contribution >= 0.6 is 22.6 Å². The van der Waals surface area contributed by atoms with Gasteiger partial charge in [0, 0.05) is 10.3 Å². The van der Waals surface area contributed by atoms with Crippen molar-refractivity contribution in [2.24, 2.45) is 0 Å². The number of carbonyl (C=O) groups is 1. The van der Waals surface area contributed by atoms with E-state index in [1.165, 1.54) is 0 Å². The highest BCUT2D eigenvalue weighted by molar-refractivity contribution is 14.1. The first-order valence-corrected chi connectivity index (χ1v) is 5.39. The van der Waals surface area contributed by atoms with E-state index in [1.54, 1.807) is 0 Å². The van der Waals surface area contributed by atoms with Crippen LogP contribution in [-0.2, 0) is 9.47 Å². The first kappa shape index (κ1) is 10.1. The third-order valence-corrected chi connectivity index (χ3v) is 2.78. The van der Waals surface area contributed by atoms with Crippen molar-refractivity contribution in [3.05, 3.63) is 0 Å². The molecular formula is C8H13IO3. The van der Waals surface area contributed by atoms with Crippen LogP contribution in [0.3, 0.4) is 0 Å². The number of cyclic esters (lactones) is 2. The second kappa shape index (κ2) is 4.30. The van der Waals surface area contributed by atoms with Crippen molar-refractivity contribution in [2.45, 2.75) is 42.8 Å². The van der Waals surface area contributed by atoms with Gasteiger partial charge in [-0.3, -0.25) is 0 Å². The normalized spacial score (nSPS) is 32.1. The molecule has 0 radical (unpaired) electrons. The van der Waals surface area contributed by atoms with E-state index in [0.29, 0.717) is 3.92 Å². The molecule has 1 rings (SSSR count). The average molecular weight is 284 g/mol. The maximum absolute atomic E-state index is 10.9. The van der Waals surface area contributed by atoms with Gasteiger partial charge in [0.05, 0.1) is 0 Å². The Morgan fingerprint density at radius 1 is 1.67 bits per heavy atom. The summed E-state index contributed by atoms with van der Waals surface area (Å²) in [7, 11) is 0. The molecule has 3 atom stereocenters. The number of ether oxygens (including phenoxy) is 2. The third-order valence-electron chi connectivity index (χ3n) is 1.97. The van der Waals surface area contributed by atoms with E-state index in [-0.39, 0.29) is 12.2 Å². The Morgan fingerprint density at radius 3 is 2.83 bits per heavy atom. The van der Waals surface area contributed by atoms with Crippen LogP contribution in [0, 0.1) is 0 Å². The van der Waals surface area contributed by atoms with Gasteiger partial charge in [0.25, 0.3) is 0 Å². The zero-order valence-corrected chi connectivity index (χ0v) is 9.41. The lowest BCUT2D eigenvalue weighted by molar-refractivity contribution is -0.0582. The summed E-state index contributed by atoms with van der Waals surface area (Å²) >= 11 is 2.27. The van der Waals surface area contributed by atoms with Crippen LogP contribution in [0.15, 0.2) is 0 Å². The summed E-state index contributed by atoms with van der Waals surface area (Å²) in [4.78, 5) is 10.9. The fourth-order valence-electron chi connectivity index (χ4n) is 1.17. The van der Waals surface area contributed by atoms with Crippen molar-refractivity contribution in [1.82, 2.24) is 0 Å². The zero-order chi connectivity index (χ0) is 9.14. The fraction of sp³-hybridized carbons (Fsp3) is 0.875. The van der Waals surface area contributed by atoms with E-state index >= 15 is 0 Å². The van der Waals surface area contributed by atoms with Gasteiger partial charge in [-0.1, -0.05) is 29.5 Å². The van der Waals surface area contributed by atoms with E-state index in [4.69, 9.17) is 9.47 Å². The van der Waals surface area contributed by atoms with Crippen molar-refractivity contribution in [2.75, 3.05) is 0 Å². The molecule has 1 saturated heterocycles. The Bertz CT molecular complexity index is 170. The summed E-state index contributed by atoms with van der Waals surface area (Å²) in [5, 5.41) is 0. The standard InChI is InChI=1S/C8H13IO3/c1-3-6-4-7(5(2)9)12-8(10)11-6/h5-7H,3-4H2,1-2H3/t5-,6+,7-/m0/s1. The number of hydrogen-bond acceptors (Lipinski definition) is 3. The molecule has 0 aromatic rings. The molecule has 0 saturated carbocycles. The molecule has 0 bridgehead atoms. The van der Waals surface area contributed by atoms with E-state index in [9.17, 15) is 4.79 Å². The lowest BCUT2D eigenvalue weighted by atomic mass is 10.1. The number of alkyl halides is 1. The minimum absolute atomic E-state index is 0.0248. The van der Waals surface area contributed by atoms with Crippen molar-refractivity contribution < 1.29 is 14.3 Å². The van der Waals surface area contributed by atoms with Crippen LogP contribution < -0.4 is 0 Å². The predicted molar refractivity (Wildman–Crippen MR) is 53.5 cm³/mol. The Hall–Kier alpha value is 0. The minimum atomic E-state index is -0.512. The SMILES string of the molecule is CC[C@@H]1C[C@@H]([C@H](C)I)OC(=O)O1. The van der Waals surface area contributed by atoms with Crippen molar-refractivity contribution in [3.8, 4) is 0 Å². The molecule has 70 valence electrons. The highest BCUT2D eigenvalue weighted by atomic mass is 127. The topological polar surface area (TPSA) is 35.5 Å². The molecule has 1 aliphatic rings. The third kappa shape index (κ3) is 2.50. The molecule has 4 heteroatoms.